The molecule has 1 aliphatic heterocycles. The van der Waals surface area contributed by atoms with Crippen LogP contribution in [0.1, 0.15) is 17.5 Å². The summed E-state index contributed by atoms with van der Waals surface area (Å²) < 4.78 is 70.3. The Morgan fingerprint density at radius 1 is 1.21 bits per heavy atom. The van der Waals surface area contributed by atoms with Crippen LogP contribution >= 0.6 is 0 Å². The molecule has 1 atom stereocenters. The molecule has 7 nitrogen and oxygen atoms in total. The molecular formula is C18H21F3N4O3S. The maximum atomic E-state index is 12.6. The van der Waals surface area contributed by atoms with Crippen LogP contribution in [0.5, 0.6) is 5.88 Å². The zero-order valence-electron chi connectivity index (χ0n) is 15.9. The molecule has 1 saturated heterocycles. The predicted octanol–water partition coefficient (Wildman–Crippen LogP) is 2.54. The van der Waals surface area contributed by atoms with Gasteiger partial charge in [0, 0.05) is 20.6 Å². The monoisotopic (exact) mass is 430 g/mol. The Kier molecular flexibility index (Phi) is 5.99. The highest BCUT2D eigenvalue weighted by molar-refractivity contribution is 7.88. The first-order valence-electron chi connectivity index (χ1n) is 8.84. The van der Waals surface area contributed by atoms with Gasteiger partial charge < -0.3 is 9.64 Å². The number of hydrogen-bond acceptors (Lipinski definition) is 6. The van der Waals surface area contributed by atoms with Crippen LogP contribution in [0.2, 0.25) is 0 Å². The van der Waals surface area contributed by atoms with Crippen LogP contribution in [0.25, 0.3) is 0 Å². The molecule has 0 radical (unpaired) electrons. The second kappa shape index (κ2) is 8.15. The Morgan fingerprint density at radius 2 is 1.90 bits per heavy atom. The van der Waals surface area contributed by atoms with Crippen molar-refractivity contribution in [3.8, 4) is 5.88 Å². The van der Waals surface area contributed by atoms with Crippen molar-refractivity contribution in [2.45, 2.75) is 24.5 Å². The van der Waals surface area contributed by atoms with Crippen molar-refractivity contribution in [1.82, 2.24) is 14.3 Å². The lowest BCUT2D eigenvalue weighted by molar-refractivity contribution is -0.137. The van der Waals surface area contributed by atoms with Crippen molar-refractivity contribution in [2.24, 2.45) is 0 Å². The molecule has 0 aliphatic carbocycles. The number of ether oxygens (including phenoxy) is 1. The maximum absolute atomic E-state index is 12.6. The van der Waals surface area contributed by atoms with Crippen molar-refractivity contribution >= 4 is 15.8 Å². The molecule has 158 valence electrons. The molecular weight excluding hydrogens is 409 g/mol. The van der Waals surface area contributed by atoms with E-state index in [1.54, 1.807) is 11.1 Å². The molecule has 0 spiro atoms. The highest BCUT2D eigenvalue weighted by atomic mass is 32.2. The fraction of sp³-hybridized carbons (Fsp3) is 0.444. The third kappa shape index (κ3) is 5.36. The minimum absolute atomic E-state index is 0.150. The molecule has 3 rings (SSSR count). The molecule has 0 N–H and O–H groups in total. The summed E-state index contributed by atoms with van der Waals surface area (Å²) in [6, 6.07) is 4.15. The number of sulfonamides is 1. The second-order valence-electron chi connectivity index (χ2n) is 6.95. The minimum atomic E-state index is -4.45. The summed E-state index contributed by atoms with van der Waals surface area (Å²) in [5.41, 5.74) is -0.513. The van der Waals surface area contributed by atoms with Gasteiger partial charge in [-0.1, -0.05) is 12.1 Å². The highest BCUT2D eigenvalue weighted by Gasteiger charge is 2.34. The summed E-state index contributed by atoms with van der Waals surface area (Å²) in [6.07, 6.45) is -1.29. The maximum Gasteiger partial charge on any atom is 0.416 e. The summed E-state index contributed by atoms with van der Waals surface area (Å²) in [5, 5.41) is 0. The SMILES string of the molecule is CN(C)c1cncc(OC2CCN(S(=O)(=O)Cc3ccc(C(F)(F)F)cc3)C2)n1. The zero-order chi connectivity index (χ0) is 21.2. The van der Waals surface area contributed by atoms with Crippen molar-refractivity contribution < 1.29 is 26.3 Å². The first-order valence-corrected chi connectivity index (χ1v) is 10.5. The van der Waals surface area contributed by atoms with Crippen LogP contribution in [-0.4, -0.2) is 56.0 Å². The average Bonchev–Trinajstić information content (AvgIpc) is 3.11. The van der Waals surface area contributed by atoms with E-state index in [1.165, 1.54) is 22.6 Å². The second-order valence-corrected chi connectivity index (χ2v) is 8.92. The van der Waals surface area contributed by atoms with Gasteiger partial charge in [-0.25, -0.2) is 8.42 Å². The fourth-order valence-electron chi connectivity index (χ4n) is 2.92. The van der Waals surface area contributed by atoms with E-state index in [2.05, 4.69) is 9.97 Å². The third-order valence-corrected chi connectivity index (χ3v) is 6.29. The van der Waals surface area contributed by atoms with E-state index in [4.69, 9.17) is 4.74 Å². The summed E-state index contributed by atoms with van der Waals surface area (Å²) in [4.78, 5) is 10.1. The van der Waals surface area contributed by atoms with Crippen molar-refractivity contribution in [2.75, 3.05) is 32.1 Å². The topological polar surface area (TPSA) is 75.6 Å². The lowest BCUT2D eigenvalue weighted by Crippen LogP contribution is -2.32. The summed E-state index contributed by atoms with van der Waals surface area (Å²) in [5.74, 6) is 0.559. The van der Waals surface area contributed by atoms with E-state index < -0.39 is 21.8 Å². The van der Waals surface area contributed by atoms with E-state index in [9.17, 15) is 21.6 Å². The van der Waals surface area contributed by atoms with Crippen LogP contribution in [0, 0.1) is 0 Å². The number of aromatic nitrogens is 2. The molecule has 11 heteroatoms. The van der Waals surface area contributed by atoms with Gasteiger partial charge in [0.05, 0.1) is 30.3 Å². The molecule has 1 fully saturated rings. The summed E-state index contributed by atoms with van der Waals surface area (Å²) >= 11 is 0. The Morgan fingerprint density at radius 3 is 2.52 bits per heavy atom. The standard InChI is InChI=1S/C18H21F3N4O3S/c1-24(2)16-9-22-10-17(23-16)28-15-7-8-25(11-15)29(26,27)12-13-3-5-14(6-4-13)18(19,20)21/h3-6,9-10,15H,7-8,11-12H2,1-2H3. The van der Waals surface area contributed by atoms with E-state index >= 15 is 0 Å². The van der Waals surface area contributed by atoms with E-state index in [0.29, 0.717) is 23.7 Å². The van der Waals surface area contributed by atoms with Gasteiger partial charge in [0.2, 0.25) is 15.9 Å². The fourth-order valence-corrected chi connectivity index (χ4v) is 4.49. The molecule has 1 unspecified atom stereocenters. The van der Waals surface area contributed by atoms with Gasteiger partial charge in [0.1, 0.15) is 6.10 Å². The molecule has 2 aromatic rings. The van der Waals surface area contributed by atoms with E-state index in [-0.39, 0.29) is 24.9 Å². The van der Waals surface area contributed by atoms with Gasteiger partial charge in [-0.15, -0.1) is 0 Å². The molecule has 29 heavy (non-hydrogen) atoms. The number of benzene rings is 1. The molecule has 1 aromatic carbocycles. The van der Waals surface area contributed by atoms with Crippen LogP contribution < -0.4 is 9.64 Å². The first kappa shape index (κ1) is 21.3. The van der Waals surface area contributed by atoms with Crippen molar-refractivity contribution in [3.63, 3.8) is 0 Å². The molecule has 0 bridgehead atoms. The number of hydrogen-bond donors (Lipinski definition) is 0. The number of anilines is 1. The number of alkyl halides is 3. The van der Waals surface area contributed by atoms with Crippen LogP contribution in [-0.2, 0) is 22.0 Å². The quantitative estimate of drug-likeness (QED) is 0.701. The van der Waals surface area contributed by atoms with Gasteiger partial charge >= 0.3 is 6.18 Å². The van der Waals surface area contributed by atoms with Gasteiger partial charge in [0.15, 0.2) is 5.82 Å². The highest BCUT2D eigenvalue weighted by Crippen LogP contribution is 2.29. The van der Waals surface area contributed by atoms with Crippen molar-refractivity contribution in [3.05, 3.63) is 47.8 Å². The van der Waals surface area contributed by atoms with Gasteiger partial charge in [-0.05, 0) is 24.1 Å². The number of nitrogens with zero attached hydrogens (tertiary/aromatic N) is 4. The molecule has 1 aliphatic rings. The lowest BCUT2D eigenvalue weighted by Gasteiger charge is -2.18. The Bertz CT molecular complexity index is 950. The third-order valence-electron chi connectivity index (χ3n) is 4.48. The normalized spacial score (nSPS) is 18.0. The zero-order valence-corrected chi connectivity index (χ0v) is 16.7. The van der Waals surface area contributed by atoms with Gasteiger partial charge in [0.25, 0.3) is 0 Å². The average molecular weight is 430 g/mol. The summed E-state index contributed by atoms with van der Waals surface area (Å²) in [6.45, 7) is 0.422. The number of halogens is 3. The van der Waals surface area contributed by atoms with Crippen LogP contribution in [0.4, 0.5) is 19.0 Å². The van der Waals surface area contributed by atoms with Crippen LogP contribution in [0.15, 0.2) is 36.7 Å². The van der Waals surface area contributed by atoms with Gasteiger partial charge in [-0.3, -0.25) is 4.98 Å². The Hall–Kier alpha value is -2.40. The first-order chi connectivity index (χ1) is 13.5. The largest absolute Gasteiger partial charge is 0.472 e. The lowest BCUT2D eigenvalue weighted by atomic mass is 10.1. The van der Waals surface area contributed by atoms with Crippen molar-refractivity contribution in [1.29, 1.82) is 0 Å². The van der Waals surface area contributed by atoms with E-state index in [0.717, 1.165) is 12.1 Å². The predicted molar refractivity (Wildman–Crippen MR) is 101 cm³/mol. The molecule has 1 aromatic heterocycles. The molecule has 0 amide bonds. The Balaban J connectivity index is 1.62. The molecule has 2 heterocycles. The smallest absolute Gasteiger partial charge is 0.416 e. The summed E-state index contributed by atoms with van der Waals surface area (Å²) in [7, 11) is -0.0436. The molecule has 0 saturated carbocycles. The Labute approximate surface area is 167 Å². The van der Waals surface area contributed by atoms with Crippen LogP contribution in [0.3, 0.4) is 0 Å². The minimum Gasteiger partial charge on any atom is -0.472 e. The van der Waals surface area contributed by atoms with E-state index in [1.807, 2.05) is 14.1 Å². The number of rotatable bonds is 6. The van der Waals surface area contributed by atoms with Gasteiger partial charge in [-0.2, -0.15) is 22.5 Å².